The lowest BCUT2D eigenvalue weighted by Gasteiger charge is -2.18. The number of fused-ring (bicyclic) bond motifs is 1. The van der Waals surface area contributed by atoms with Crippen LogP contribution in [0.5, 0.6) is 0 Å². The summed E-state index contributed by atoms with van der Waals surface area (Å²) in [7, 11) is 0. The lowest BCUT2D eigenvalue weighted by molar-refractivity contribution is 0.554. The summed E-state index contributed by atoms with van der Waals surface area (Å²) in [6, 6.07) is 0. The number of nitrogens with two attached hydrogens (primary N) is 1. The van der Waals surface area contributed by atoms with E-state index in [0.717, 1.165) is 17.1 Å². The van der Waals surface area contributed by atoms with Gasteiger partial charge in [0, 0.05) is 22.7 Å². The molecule has 0 radical (unpaired) electrons. The third-order valence-corrected chi connectivity index (χ3v) is 4.75. The summed E-state index contributed by atoms with van der Waals surface area (Å²) >= 11 is 3.41. The van der Waals surface area contributed by atoms with Gasteiger partial charge in [-0.15, -0.1) is 22.7 Å². The number of thiazole rings is 2. The molecule has 1 atom stereocenters. The van der Waals surface area contributed by atoms with Gasteiger partial charge in [-0.2, -0.15) is 0 Å². The van der Waals surface area contributed by atoms with Crippen LogP contribution < -0.4 is 5.73 Å². The first-order valence-electron chi connectivity index (χ1n) is 5.46. The Labute approximate surface area is 102 Å². The van der Waals surface area contributed by atoms with Crippen molar-refractivity contribution in [3.63, 3.8) is 0 Å². The van der Waals surface area contributed by atoms with Crippen LogP contribution in [0.2, 0.25) is 0 Å². The average Bonchev–Trinajstić information content (AvgIpc) is 2.96. The highest BCUT2D eigenvalue weighted by atomic mass is 32.1. The van der Waals surface area contributed by atoms with Crippen LogP contribution in [0.15, 0.2) is 10.9 Å². The molecule has 3 nitrogen and oxygen atoms in total. The molecule has 0 fully saturated rings. The Morgan fingerprint density at radius 1 is 1.50 bits per heavy atom. The average molecular weight is 251 g/mol. The minimum absolute atomic E-state index is 0.465. The molecule has 2 aromatic heterocycles. The maximum atomic E-state index is 5.80. The van der Waals surface area contributed by atoms with Crippen molar-refractivity contribution in [3.05, 3.63) is 21.5 Å². The first-order valence-corrected chi connectivity index (χ1v) is 7.22. The van der Waals surface area contributed by atoms with E-state index in [-0.39, 0.29) is 0 Å². The van der Waals surface area contributed by atoms with Crippen LogP contribution in [0.4, 0.5) is 0 Å². The molecule has 0 aromatic carbocycles. The van der Waals surface area contributed by atoms with Crippen LogP contribution in [0.3, 0.4) is 0 Å². The number of hydrogen-bond acceptors (Lipinski definition) is 5. The minimum Gasteiger partial charge on any atom is -0.330 e. The van der Waals surface area contributed by atoms with Crippen molar-refractivity contribution >= 4 is 22.7 Å². The number of rotatable bonds is 2. The minimum atomic E-state index is 0.465. The topological polar surface area (TPSA) is 51.8 Å². The van der Waals surface area contributed by atoms with Crippen LogP contribution in [-0.2, 0) is 6.42 Å². The molecule has 2 heterocycles. The first kappa shape index (κ1) is 10.4. The fourth-order valence-electron chi connectivity index (χ4n) is 2.16. The predicted octanol–water partition coefficient (Wildman–Crippen LogP) is 2.65. The zero-order chi connectivity index (χ0) is 11.0. The van der Waals surface area contributed by atoms with Gasteiger partial charge in [0.15, 0.2) is 0 Å². The molecule has 2 N–H and O–H groups in total. The summed E-state index contributed by atoms with van der Waals surface area (Å²) in [5.74, 6) is 0.465. The second kappa shape index (κ2) is 4.24. The molecule has 2 aromatic rings. The Bertz CT molecular complexity index is 475. The molecular formula is C11H13N3S2. The van der Waals surface area contributed by atoms with E-state index in [4.69, 9.17) is 10.7 Å². The third-order valence-electron chi connectivity index (χ3n) is 3.01. The monoisotopic (exact) mass is 251 g/mol. The Morgan fingerprint density at radius 3 is 3.19 bits per heavy atom. The van der Waals surface area contributed by atoms with E-state index in [1.165, 1.54) is 23.4 Å². The quantitative estimate of drug-likeness (QED) is 0.892. The molecule has 0 saturated carbocycles. The van der Waals surface area contributed by atoms with Gasteiger partial charge in [0.25, 0.3) is 0 Å². The molecule has 0 saturated heterocycles. The highest BCUT2D eigenvalue weighted by Crippen LogP contribution is 2.37. The normalized spacial score (nSPS) is 19.7. The van der Waals surface area contributed by atoms with E-state index in [1.54, 1.807) is 22.7 Å². The predicted molar refractivity (Wildman–Crippen MR) is 68.0 cm³/mol. The van der Waals surface area contributed by atoms with E-state index < -0.39 is 0 Å². The van der Waals surface area contributed by atoms with Crippen molar-refractivity contribution in [3.8, 4) is 10.7 Å². The molecular weight excluding hydrogens is 238 g/mol. The summed E-state index contributed by atoms with van der Waals surface area (Å²) in [5.41, 5.74) is 9.91. The fraction of sp³-hybridized carbons (Fsp3) is 0.455. The summed E-state index contributed by atoms with van der Waals surface area (Å²) < 4.78 is 0. The Balaban J connectivity index is 2.02. The third kappa shape index (κ3) is 1.69. The molecule has 0 aliphatic heterocycles. The molecule has 84 valence electrons. The molecule has 0 bridgehead atoms. The van der Waals surface area contributed by atoms with Gasteiger partial charge in [0.1, 0.15) is 10.7 Å². The Hall–Kier alpha value is -0.780. The fourth-order valence-corrected chi connectivity index (χ4v) is 3.93. The molecule has 1 aliphatic rings. The molecule has 1 aliphatic carbocycles. The van der Waals surface area contributed by atoms with Crippen LogP contribution >= 0.6 is 22.7 Å². The summed E-state index contributed by atoms with van der Waals surface area (Å²) in [6.07, 6.45) is 3.59. The zero-order valence-corrected chi connectivity index (χ0v) is 10.5. The summed E-state index contributed by atoms with van der Waals surface area (Å²) in [4.78, 5) is 10.5. The van der Waals surface area contributed by atoms with Gasteiger partial charge in [0.2, 0.25) is 0 Å². The Kier molecular flexibility index (Phi) is 2.75. The van der Waals surface area contributed by atoms with E-state index in [1.807, 2.05) is 5.51 Å². The number of hydrogen-bond donors (Lipinski definition) is 1. The van der Waals surface area contributed by atoms with Crippen molar-refractivity contribution in [1.82, 2.24) is 9.97 Å². The van der Waals surface area contributed by atoms with Gasteiger partial charge >= 0.3 is 0 Å². The number of aromatic nitrogens is 2. The number of aryl methyl sites for hydroxylation is 1. The van der Waals surface area contributed by atoms with Crippen LogP contribution in [0.25, 0.3) is 10.7 Å². The molecule has 0 spiro atoms. The lowest BCUT2D eigenvalue weighted by atomic mass is 9.91. The van der Waals surface area contributed by atoms with Crippen LogP contribution in [-0.4, -0.2) is 16.5 Å². The largest absolute Gasteiger partial charge is 0.330 e. The van der Waals surface area contributed by atoms with Crippen molar-refractivity contribution < 1.29 is 0 Å². The molecule has 0 amide bonds. The van der Waals surface area contributed by atoms with E-state index in [0.29, 0.717) is 12.5 Å². The van der Waals surface area contributed by atoms with Crippen molar-refractivity contribution in [2.45, 2.75) is 25.2 Å². The molecule has 5 heteroatoms. The van der Waals surface area contributed by atoms with Gasteiger partial charge in [-0.25, -0.2) is 9.97 Å². The van der Waals surface area contributed by atoms with E-state index in [2.05, 4.69) is 10.4 Å². The van der Waals surface area contributed by atoms with E-state index in [9.17, 15) is 0 Å². The van der Waals surface area contributed by atoms with Crippen molar-refractivity contribution in [1.29, 1.82) is 0 Å². The van der Waals surface area contributed by atoms with E-state index >= 15 is 0 Å². The molecule has 16 heavy (non-hydrogen) atoms. The van der Waals surface area contributed by atoms with Gasteiger partial charge in [-0.05, 0) is 19.3 Å². The zero-order valence-electron chi connectivity index (χ0n) is 8.85. The maximum absolute atomic E-state index is 5.80. The standard InChI is InChI=1S/C11H13N3S2/c12-4-7-2-1-3-9-10(7)14-11(16-9)8-5-15-6-13-8/h5-7H,1-4,12H2. The maximum Gasteiger partial charge on any atom is 0.143 e. The van der Waals surface area contributed by atoms with Gasteiger partial charge in [-0.3, -0.25) is 0 Å². The summed E-state index contributed by atoms with van der Waals surface area (Å²) in [6.45, 7) is 0.716. The lowest BCUT2D eigenvalue weighted by Crippen LogP contribution is -2.17. The van der Waals surface area contributed by atoms with Crippen molar-refractivity contribution in [2.24, 2.45) is 5.73 Å². The Morgan fingerprint density at radius 2 is 2.44 bits per heavy atom. The highest BCUT2D eigenvalue weighted by molar-refractivity contribution is 7.15. The SMILES string of the molecule is NCC1CCCc2sc(-c3cscn3)nc21. The van der Waals surface area contributed by atoms with Crippen LogP contribution in [0.1, 0.15) is 29.3 Å². The van der Waals surface area contributed by atoms with Crippen LogP contribution in [0, 0.1) is 0 Å². The van der Waals surface area contributed by atoms with Crippen molar-refractivity contribution in [2.75, 3.05) is 6.54 Å². The molecule has 1 unspecified atom stereocenters. The second-order valence-electron chi connectivity index (χ2n) is 4.03. The van der Waals surface area contributed by atoms with Gasteiger partial charge in [0.05, 0.1) is 11.2 Å². The summed E-state index contributed by atoms with van der Waals surface area (Å²) in [5, 5.41) is 3.12. The first-order chi connectivity index (χ1) is 7.88. The molecule has 3 rings (SSSR count). The highest BCUT2D eigenvalue weighted by Gasteiger charge is 2.24. The number of nitrogens with zero attached hydrogens (tertiary/aromatic N) is 2. The van der Waals surface area contributed by atoms with Gasteiger partial charge < -0.3 is 5.73 Å². The smallest absolute Gasteiger partial charge is 0.143 e. The second-order valence-corrected chi connectivity index (χ2v) is 5.83. The van der Waals surface area contributed by atoms with Gasteiger partial charge in [-0.1, -0.05) is 0 Å².